The number of carbonyl (C=O) groups is 3. The monoisotopic (exact) mass is 547 g/mol. The summed E-state index contributed by atoms with van der Waals surface area (Å²) in [6, 6.07) is 7.24. The number of nitrogens with zero attached hydrogens (tertiary/aromatic N) is 1. The van der Waals surface area contributed by atoms with Gasteiger partial charge in [0.15, 0.2) is 0 Å². The lowest BCUT2D eigenvalue weighted by Crippen LogP contribution is -2.59. The highest BCUT2D eigenvalue weighted by Crippen LogP contribution is 2.56. The van der Waals surface area contributed by atoms with E-state index in [1.54, 1.807) is 0 Å². The van der Waals surface area contributed by atoms with E-state index in [1.165, 1.54) is 12.0 Å². The lowest BCUT2D eigenvalue weighted by atomic mass is 9.74. The van der Waals surface area contributed by atoms with E-state index in [4.69, 9.17) is 4.74 Å². The number of hydrogen-bond acceptors (Lipinski definition) is 4. The first-order valence-corrected chi connectivity index (χ1v) is 15.6. The van der Waals surface area contributed by atoms with Crippen molar-refractivity contribution in [1.29, 1.82) is 0 Å². The second-order valence-corrected chi connectivity index (χ2v) is 13.5. The Kier molecular flexibility index (Phi) is 7.30. The average molecular weight is 548 g/mol. The van der Waals surface area contributed by atoms with Crippen molar-refractivity contribution in [3.05, 3.63) is 42.0 Å². The number of ether oxygens (including phenoxy) is 1. The Morgan fingerprint density at radius 1 is 0.975 bits per heavy atom. The zero-order valence-corrected chi connectivity index (χ0v) is 24.4. The van der Waals surface area contributed by atoms with Gasteiger partial charge in [-0.15, -0.1) is 0 Å². The fraction of sp³-hybridized carbons (Fsp3) is 0.667. The van der Waals surface area contributed by atoms with E-state index in [0.29, 0.717) is 23.4 Å². The van der Waals surface area contributed by atoms with Crippen LogP contribution in [0.3, 0.4) is 0 Å². The molecule has 3 heterocycles. The number of rotatable bonds is 6. The smallest absolute Gasteiger partial charge is 0.246 e. The average Bonchev–Trinajstić information content (AvgIpc) is 3.58. The van der Waals surface area contributed by atoms with Crippen LogP contribution in [0.5, 0.6) is 0 Å². The number of hydrogen-bond donors (Lipinski definition) is 2. The van der Waals surface area contributed by atoms with Crippen LogP contribution in [0.15, 0.2) is 36.4 Å². The maximum absolute atomic E-state index is 14.4. The summed E-state index contributed by atoms with van der Waals surface area (Å²) < 4.78 is 6.57. The van der Waals surface area contributed by atoms with Crippen molar-refractivity contribution in [3.63, 3.8) is 0 Å². The molecule has 2 N–H and O–H groups in total. The van der Waals surface area contributed by atoms with Crippen molar-refractivity contribution in [2.75, 3.05) is 5.32 Å². The predicted molar refractivity (Wildman–Crippen MR) is 155 cm³/mol. The minimum Gasteiger partial charge on any atom is -0.359 e. The summed E-state index contributed by atoms with van der Waals surface area (Å²) in [7, 11) is 0. The highest BCUT2D eigenvalue weighted by atomic mass is 16.5. The van der Waals surface area contributed by atoms with Crippen LogP contribution in [-0.4, -0.2) is 52.5 Å². The Morgan fingerprint density at radius 2 is 1.68 bits per heavy atom. The first kappa shape index (κ1) is 27.5. The second kappa shape index (κ2) is 10.6. The minimum absolute atomic E-state index is 0.00783. The number of carbonyl (C=O) groups excluding carboxylic acids is 3. The number of nitrogens with one attached hydrogen (secondary N) is 2. The van der Waals surface area contributed by atoms with E-state index >= 15 is 0 Å². The van der Waals surface area contributed by atoms with Gasteiger partial charge < -0.3 is 20.3 Å². The van der Waals surface area contributed by atoms with E-state index in [9.17, 15) is 14.4 Å². The molecule has 3 aliphatic heterocycles. The lowest BCUT2D eigenvalue weighted by molar-refractivity contribution is -0.145. The van der Waals surface area contributed by atoms with Gasteiger partial charge in [-0.05, 0) is 74.0 Å². The molecule has 2 saturated heterocycles. The molecule has 7 nitrogen and oxygen atoms in total. The lowest BCUT2D eigenvalue weighted by Gasteiger charge is -2.40. The van der Waals surface area contributed by atoms with E-state index in [-0.39, 0.29) is 29.8 Å². The zero-order chi connectivity index (χ0) is 28.2. The first-order valence-electron chi connectivity index (χ1n) is 15.6. The van der Waals surface area contributed by atoms with Crippen LogP contribution < -0.4 is 10.6 Å². The third-order valence-electron chi connectivity index (χ3n) is 10.5. The quantitative estimate of drug-likeness (QED) is 0.481. The molecule has 0 radical (unpaired) electrons. The van der Waals surface area contributed by atoms with Gasteiger partial charge >= 0.3 is 0 Å². The van der Waals surface area contributed by atoms with Crippen molar-refractivity contribution in [1.82, 2.24) is 10.2 Å². The van der Waals surface area contributed by atoms with Crippen molar-refractivity contribution in [2.45, 2.75) is 115 Å². The summed E-state index contributed by atoms with van der Waals surface area (Å²) in [4.78, 5) is 44.2. The molecule has 1 aromatic carbocycles. The second-order valence-electron chi connectivity index (χ2n) is 13.5. The van der Waals surface area contributed by atoms with Gasteiger partial charge in [-0.1, -0.05) is 64.8 Å². The van der Waals surface area contributed by atoms with Crippen LogP contribution in [0.25, 0.3) is 0 Å². The third-order valence-corrected chi connectivity index (χ3v) is 10.5. The van der Waals surface area contributed by atoms with Crippen LogP contribution in [0.1, 0.15) is 90.5 Å². The van der Waals surface area contributed by atoms with E-state index in [2.05, 4.69) is 38.3 Å². The molecule has 0 aromatic heterocycles. The molecule has 5 aliphatic rings. The SMILES string of the molecule is CC1CCC(N2C(=O)[C@H]3[C@H](C(=O)Nc4ccc(C(C)C)cc4)[C@H]4C=C[C@@]3(O4)[C@@H]2C(=O)N[C@H]2CCCC[C@@H]2C)CC1. The fourth-order valence-corrected chi connectivity index (χ4v) is 8.09. The molecule has 6 rings (SSSR count). The molecule has 2 bridgehead atoms. The number of likely N-dealkylation sites (tertiary alicyclic amines) is 1. The summed E-state index contributed by atoms with van der Waals surface area (Å²) in [6.07, 6.45) is 11.5. The molecule has 216 valence electrons. The van der Waals surface area contributed by atoms with Gasteiger partial charge in [0.1, 0.15) is 11.6 Å². The van der Waals surface area contributed by atoms with Crippen molar-refractivity contribution < 1.29 is 19.1 Å². The summed E-state index contributed by atoms with van der Waals surface area (Å²) >= 11 is 0. The number of anilines is 1. The first-order chi connectivity index (χ1) is 19.2. The largest absolute Gasteiger partial charge is 0.359 e. The Bertz CT molecular complexity index is 1170. The van der Waals surface area contributed by atoms with Gasteiger partial charge in [-0.25, -0.2) is 0 Å². The highest BCUT2D eigenvalue weighted by molar-refractivity contribution is 6.03. The Morgan fingerprint density at radius 3 is 2.35 bits per heavy atom. The van der Waals surface area contributed by atoms with Crippen LogP contribution >= 0.6 is 0 Å². The van der Waals surface area contributed by atoms with Gasteiger partial charge in [0, 0.05) is 17.8 Å². The fourth-order valence-electron chi connectivity index (χ4n) is 8.09. The molecule has 1 spiro atoms. The van der Waals surface area contributed by atoms with Gasteiger partial charge in [0.2, 0.25) is 17.7 Å². The van der Waals surface area contributed by atoms with Gasteiger partial charge in [0.25, 0.3) is 0 Å². The molecule has 7 heteroatoms. The summed E-state index contributed by atoms with van der Waals surface area (Å²) in [5.41, 5.74) is 0.808. The van der Waals surface area contributed by atoms with E-state index in [1.807, 2.05) is 41.3 Å². The Hall–Kier alpha value is -2.67. The maximum atomic E-state index is 14.4. The third kappa shape index (κ3) is 4.58. The van der Waals surface area contributed by atoms with Gasteiger partial charge in [0.05, 0.1) is 17.9 Å². The molecule has 2 saturated carbocycles. The van der Waals surface area contributed by atoms with Crippen LogP contribution in [-0.2, 0) is 19.1 Å². The molecule has 40 heavy (non-hydrogen) atoms. The molecule has 4 fully saturated rings. The molecule has 7 atom stereocenters. The van der Waals surface area contributed by atoms with Crippen molar-refractivity contribution in [2.24, 2.45) is 23.7 Å². The topological polar surface area (TPSA) is 87.7 Å². The Labute approximate surface area is 238 Å². The molecule has 0 unspecified atom stereocenters. The minimum atomic E-state index is -1.10. The number of amides is 3. The normalized spacial score (nSPS) is 38.5. The van der Waals surface area contributed by atoms with Crippen molar-refractivity contribution in [3.8, 4) is 0 Å². The van der Waals surface area contributed by atoms with Crippen LogP contribution in [0.2, 0.25) is 0 Å². The number of fused-ring (bicyclic) bond motifs is 1. The summed E-state index contributed by atoms with van der Waals surface area (Å²) in [5.74, 6) is -0.375. The zero-order valence-electron chi connectivity index (χ0n) is 24.4. The Balaban J connectivity index is 1.29. The molecular formula is C33H45N3O4. The summed E-state index contributed by atoms with van der Waals surface area (Å²) in [6.45, 7) is 8.73. The standard InChI is InChI=1S/C33H45N3O4/c1-19(2)22-11-13-23(14-12-22)34-30(37)27-26-17-18-33(40-26)28(27)32(39)36(24-15-9-20(3)10-16-24)29(33)31(38)35-25-8-6-5-7-21(25)4/h11-14,17-21,24-29H,5-10,15-16H2,1-4H3,(H,34,37)(H,35,38)/t20?,21-,24?,25-,26+,27+,28+,29-,33-/m0/s1. The highest BCUT2D eigenvalue weighted by Gasteiger charge is 2.73. The van der Waals surface area contributed by atoms with Gasteiger partial charge in [-0.3, -0.25) is 14.4 Å². The molecule has 1 aromatic rings. The molecular weight excluding hydrogens is 502 g/mol. The van der Waals surface area contributed by atoms with Crippen LogP contribution in [0.4, 0.5) is 5.69 Å². The predicted octanol–water partition coefficient (Wildman–Crippen LogP) is 5.17. The summed E-state index contributed by atoms with van der Waals surface area (Å²) in [5, 5.41) is 6.41. The van der Waals surface area contributed by atoms with Crippen molar-refractivity contribution >= 4 is 23.4 Å². The van der Waals surface area contributed by atoms with E-state index < -0.39 is 29.6 Å². The molecule has 2 aliphatic carbocycles. The van der Waals surface area contributed by atoms with E-state index in [0.717, 1.165) is 44.9 Å². The van der Waals surface area contributed by atoms with Crippen LogP contribution in [0, 0.1) is 23.7 Å². The maximum Gasteiger partial charge on any atom is 0.246 e. The number of benzene rings is 1. The molecule has 3 amide bonds. The van der Waals surface area contributed by atoms with Gasteiger partial charge in [-0.2, -0.15) is 0 Å².